The molecule has 0 aliphatic carbocycles. The third kappa shape index (κ3) is 28.8. The average molecular weight is 2500 g/mol. The van der Waals surface area contributed by atoms with Crippen molar-refractivity contribution in [3.05, 3.63) is 444 Å². The van der Waals surface area contributed by atoms with E-state index in [1.807, 2.05) is 183 Å². The summed E-state index contributed by atoms with van der Waals surface area (Å²) < 4.78 is 13.0. The van der Waals surface area contributed by atoms with Crippen molar-refractivity contribution in [1.82, 2.24) is 29.9 Å². The zero-order chi connectivity index (χ0) is 82.9. The number of halogens is 1. The largest absolute Gasteiger partial charge is 0.305 e. The second-order valence-electron chi connectivity index (χ2n) is 30.0. The van der Waals surface area contributed by atoms with Crippen molar-refractivity contribution in [2.45, 2.75) is 102 Å². The normalized spacial score (nSPS) is 10.2. The van der Waals surface area contributed by atoms with Crippen molar-refractivity contribution < 1.29 is 105 Å². The molecule has 0 bridgehead atoms. The molecule has 11 aromatic carbocycles. The van der Waals surface area contributed by atoms with Crippen LogP contribution in [0.15, 0.2) is 340 Å². The molecule has 17 aromatic rings. The second kappa shape index (κ2) is 49.7. The second-order valence-corrected chi connectivity index (χ2v) is 30.0. The van der Waals surface area contributed by atoms with Crippen molar-refractivity contribution in [3.8, 4) is 123 Å². The fourth-order valence-electron chi connectivity index (χ4n) is 13.6. The van der Waals surface area contributed by atoms with Gasteiger partial charge in [0, 0.05) is 137 Å². The molecule has 0 fully saturated rings. The van der Waals surface area contributed by atoms with Crippen LogP contribution in [0, 0.1) is 105 Å². The van der Waals surface area contributed by atoms with Crippen molar-refractivity contribution in [2.75, 3.05) is 0 Å². The van der Waals surface area contributed by atoms with Crippen LogP contribution in [-0.2, 0) is 101 Å². The van der Waals surface area contributed by atoms with Crippen molar-refractivity contribution in [1.29, 1.82) is 0 Å². The number of aromatic nitrogens is 6. The first-order chi connectivity index (χ1) is 57.2. The standard InChI is InChI=1S/C23H24N.C21H20N.C19H15FN.C18H14N.C17H12N.C13H12N.5Ir/c1-16(2)20-13-21(17(3)4)15-22(14-20)18-8-7-9-19(12-18)23-10-5-6-11-24-23;1-14-10-15(2)12-20(11-14)18-6-5-7-19(13-18)21-17(4)16(3)8-9-22-21;1-13-10-11-21-19(14(13)2)17-5-3-4-16(12-17)15-6-8-18(20)9-7-15;1-14-11-16(15-7-3-2-4-8-15)13-17(12-14)18-9-5-6-10-19-18;1-2-7-14(8-3-1)15-9-6-10-16(13-15)17-11-4-5-12-18-17;1-10-8-11(2)14-13(9-10)12-6-4-3-5-7-12;;;;;/h5-8,10-17H,1-4H3;5-6,8-13H,1-4H3;3-4,6-12H,1-2H3;2-11,13H,1H3;1-9,11-13H;3-6,8-9H,1-2H3;;;;;/q6*-1;;;;;. The third-order valence-electron chi connectivity index (χ3n) is 20.2. The molecule has 0 N–H and O–H groups in total. The first-order valence-electron chi connectivity index (χ1n) is 40.0. The monoisotopic (exact) mass is 2500 g/mol. The third-order valence-corrected chi connectivity index (χ3v) is 20.2. The summed E-state index contributed by atoms with van der Waals surface area (Å²) in [5.41, 5.74) is 37.4. The Labute approximate surface area is 796 Å². The van der Waals surface area contributed by atoms with Gasteiger partial charge >= 0.3 is 0 Å². The smallest absolute Gasteiger partial charge is 0.123 e. The van der Waals surface area contributed by atoms with Gasteiger partial charge in [-0.2, -0.15) is 0 Å². The number of nitrogens with zero attached hydrogens (tertiary/aromatic N) is 6. The molecule has 0 aliphatic heterocycles. The Bertz CT molecular complexity index is 5940. The molecule has 0 saturated heterocycles. The summed E-state index contributed by atoms with van der Waals surface area (Å²) in [6.07, 6.45) is 9.13. The Kier molecular flexibility index (Phi) is 40.2. The molecule has 123 heavy (non-hydrogen) atoms. The maximum atomic E-state index is 13.0. The summed E-state index contributed by atoms with van der Waals surface area (Å²) in [5, 5.41) is 0. The van der Waals surface area contributed by atoms with Crippen LogP contribution >= 0.6 is 0 Å². The van der Waals surface area contributed by atoms with Gasteiger partial charge in [-0.15, -0.1) is 212 Å². The first-order valence-corrected chi connectivity index (χ1v) is 40.0. The Morgan fingerprint density at radius 2 is 0.634 bits per heavy atom. The molecular formula is C111H97FIr5N6-6. The van der Waals surface area contributed by atoms with E-state index in [0.29, 0.717) is 11.8 Å². The van der Waals surface area contributed by atoms with Gasteiger partial charge in [0.05, 0.1) is 0 Å². The van der Waals surface area contributed by atoms with Crippen LogP contribution in [0.4, 0.5) is 4.39 Å². The van der Waals surface area contributed by atoms with Crippen molar-refractivity contribution in [3.63, 3.8) is 0 Å². The molecule has 6 aromatic heterocycles. The van der Waals surface area contributed by atoms with E-state index >= 15 is 0 Å². The van der Waals surface area contributed by atoms with Crippen molar-refractivity contribution >= 4 is 0 Å². The van der Waals surface area contributed by atoms with Crippen LogP contribution < -0.4 is 0 Å². The summed E-state index contributed by atoms with van der Waals surface area (Å²) in [4.78, 5) is 26.7. The van der Waals surface area contributed by atoms with Gasteiger partial charge in [0.15, 0.2) is 0 Å². The Morgan fingerprint density at radius 1 is 0.260 bits per heavy atom. The van der Waals surface area contributed by atoms with Crippen LogP contribution in [0.3, 0.4) is 0 Å². The average Bonchev–Trinajstić information content (AvgIpc) is 0.799. The van der Waals surface area contributed by atoms with Crippen LogP contribution in [-0.4, -0.2) is 29.9 Å². The van der Waals surface area contributed by atoms with E-state index in [1.54, 1.807) is 18.3 Å². The van der Waals surface area contributed by atoms with E-state index in [-0.39, 0.29) is 106 Å². The molecule has 0 atom stereocenters. The number of aryl methyl sites for hydroxylation is 7. The predicted molar refractivity (Wildman–Crippen MR) is 489 cm³/mol. The van der Waals surface area contributed by atoms with Gasteiger partial charge in [-0.3, -0.25) is 0 Å². The molecule has 629 valence electrons. The van der Waals surface area contributed by atoms with E-state index in [2.05, 4.69) is 283 Å². The Morgan fingerprint density at radius 3 is 1.07 bits per heavy atom. The quantitative estimate of drug-likeness (QED) is 0.107. The molecule has 0 saturated carbocycles. The minimum absolute atomic E-state index is 0. The van der Waals surface area contributed by atoms with Crippen molar-refractivity contribution in [2.24, 2.45) is 0 Å². The molecule has 6 heterocycles. The van der Waals surface area contributed by atoms with Crippen LogP contribution in [0.2, 0.25) is 0 Å². The topological polar surface area (TPSA) is 77.3 Å². The van der Waals surface area contributed by atoms with E-state index in [0.717, 1.165) is 95.5 Å². The minimum Gasteiger partial charge on any atom is -0.305 e. The zero-order valence-corrected chi connectivity index (χ0v) is 83.2. The van der Waals surface area contributed by atoms with Crippen LogP contribution in [0.5, 0.6) is 0 Å². The van der Waals surface area contributed by atoms with Gasteiger partial charge in [0.25, 0.3) is 0 Å². The number of pyridine rings is 6. The molecule has 0 aliphatic rings. The Balaban J connectivity index is 0.000000202. The molecule has 12 heteroatoms. The van der Waals surface area contributed by atoms with Gasteiger partial charge in [-0.25, -0.2) is 4.39 Å². The van der Waals surface area contributed by atoms with E-state index in [4.69, 9.17) is 0 Å². The molecule has 0 unspecified atom stereocenters. The molecule has 0 amide bonds. The number of hydrogen-bond donors (Lipinski definition) is 0. The van der Waals surface area contributed by atoms with E-state index in [1.165, 1.54) is 101 Å². The maximum Gasteiger partial charge on any atom is 0.123 e. The number of hydrogen-bond acceptors (Lipinski definition) is 6. The molecule has 5 radical (unpaired) electrons. The van der Waals surface area contributed by atoms with Gasteiger partial charge in [-0.05, 0) is 189 Å². The van der Waals surface area contributed by atoms with Gasteiger partial charge in [-0.1, -0.05) is 225 Å². The number of benzene rings is 11. The molecular weight excluding hydrogens is 2400 g/mol. The summed E-state index contributed by atoms with van der Waals surface area (Å²) in [6.45, 7) is 27.8. The Hall–Kier alpha value is -10.5. The summed E-state index contributed by atoms with van der Waals surface area (Å²) in [5.74, 6) is 0.818. The van der Waals surface area contributed by atoms with E-state index in [9.17, 15) is 4.39 Å². The van der Waals surface area contributed by atoms with Crippen LogP contribution in [0.1, 0.15) is 101 Å². The van der Waals surface area contributed by atoms with E-state index < -0.39 is 0 Å². The predicted octanol–water partition coefficient (Wildman–Crippen LogP) is 28.8. The zero-order valence-electron chi connectivity index (χ0n) is 71.2. The minimum atomic E-state index is -0.224. The first kappa shape index (κ1) is 99.6. The van der Waals surface area contributed by atoms with Crippen LogP contribution in [0.25, 0.3) is 123 Å². The molecule has 17 rings (SSSR count). The van der Waals surface area contributed by atoms with Gasteiger partial charge < -0.3 is 29.9 Å². The summed E-state index contributed by atoms with van der Waals surface area (Å²) in [7, 11) is 0. The van der Waals surface area contributed by atoms with Gasteiger partial charge in [0.1, 0.15) is 5.82 Å². The fourth-order valence-corrected chi connectivity index (χ4v) is 13.6. The maximum absolute atomic E-state index is 13.0. The molecule has 6 nitrogen and oxygen atoms in total. The molecule has 0 spiro atoms. The number of rotatable bonds is 13. The summed E-state index contributed by atoms with van der Waals surface area (Å²) >= 11 is 0. The van der Waals surface area contributed by atoms with Gasteiger partial charge in [0.2, 0.25) is 0 Å². The SMILES string of the molecule is CC(C)c1cc(-c2cc[c-]c(-c3ccccn3)c2)cc(C(C)C)c1.Cc1[c-]c(-c2ccccn2)cc(-c2ccccc2)c1.Cc1cc(C)cc(-c2cc[c-]c(-c3nccc(C)c3C)c2)c1.Cc1cc(C)nc(-c2[c-]cccc2)c1.Cc1ccnc(-c2[c-]ccc(-c3ccc(F)cc3)c2)c1C.[Ir].[Ir].[Ir].[Ir].[Ir].[c-]1ccc(-c2ccccc2)cc1-c1ccccn1. The fraction of sp³-hybridized carbons (Fsp3) is 0.135. The summed E-state index contributed by atoms with van der Waals surface area (Å²) in [6, 6.07) is 123.